The number of hydrogen-bond donors (Lipinski definition) is 2. The molecule has 0 fully saturated rings. The molecule has 0 aliphatic heterocycles. The molecule has 0 nitrogen and oxygen atoms in total. The second-order valence-electron chi connectivity index (χ2n) is 1.51. The summed E-state index contributed by atoms with van der Waals surface area (Å²) >= 11 is 8.72. The molecule has 46 valence electrons. The fourth-order valence-electron chi connectivity index (χ4n) is 0.224. The molecule has 0 rings (SSSR count). The van der Waals surface area contributed by atoms with Crippen LogP contribution in [0.15, 0.2) is 0 Å². The SMILES string of the molecule is CC[P+](S)(S)CC.[H-].[Na+]. The van der Waals surface area contributed by atoms with Gasteiger partial charge in [-0.15, -0.1) is 0 Å². The van der Waals surface area contributed by atoms with E-state index in [-0.39, 0.29) is 31.0 Å². The summed E-state index contributed by atoms with van der Waals surface area (Å²) in [5.41, 5.74) is -1.02. The molecule has 0 aromatic carbocycles. The van der Waals surface area contributed by atoms with E-state index in [1.165, 1.54) is 0 Å². The van der Waals surface area contributed by atoms with E-state index in [0.29, 0.717) is 0 Å². The maximum absolute atomic E-state index is 4.36. The van der Waals surface area contributed by atoms with Crippen molar-refractivity contribution in [1.82, 2.24) is 0 Å². The molecule has 0 aliphatic carbocycles. The average Bonchev–Trinajstić information content (AvgIpc) is 1.68. The summed E-state index contributed by atoms with van der Waals surface area (Å²) in [6.45, 7) is 4.27. The van der Waals surface area contributed by atoms with Crippen molar-refractivity contribution >= 4 is 30.2 Å². The van der Waals surface area contributed by atoms with Gasteiger partial charge in [0.2, 0.25) is 0 Å². The van der Waals surface area contributed by atoms with Gasteiger partial charge < -0.3 is 1.43 Å². The molecule has 0 aromatic rings. The molecule has 8 heavy (non-hydrogen) atoms. The second-order valence-corrected chi connectivity index (χ2v) is 10.1. The Kier molecular flexibility index (Phi) is 9.39. The molecule has 0 unspecified atom stereocenters. The van der Waals surface area contributed by atoms with Gasteiger partial charge >= 0.3 is 29.6 Å². The van der Waals surface area contributed by atoms with Crippen molar-refractivity contribution in [2.45, 2.75) is 13.8 Å². The topological polar surface area (TPSA) is 0 Å². The number of hydrogen-bond acceptors (Lipinski definition) is 2. The summed E-state index contributed by atoms with van der Waals surface area (Å²) in [5, 5.41) is 0. The predicted molar refractivity (Wildman–Crippen MR) is 47.1 cm³/mol. The fraction of sp³-hybridized carbons (Fsp3) is 1.00. The Morgan fingerprint density at radius 3 is 1.50 bits per heavy atom. The first kappa shape index (κ1) is 12.8. The van der Waals surface area contributed by atoms with Crippen LogP contribution in [-0.2, 0) is 0 Å². The van der Waals surface area contributed by atoms with Gasteiger partial charge in [-0.3, -0.25) is 0 Å². The Balaban J connectivity index is -0.000000180. The fourth-order valence-corrected chi connectivity index (χ4v) is 0.671. The van der Waals surface area contributed by atoms with Gasteiger partial charge in [-0.2, -0.15) is 0 Å². The first-order chi connectivity index (χ1) is 3.12. The maximum Gasteiger partial charge on any atom is 1.00 e. The summed E-state index contributed by atoms with van der Waals surface area (Å²) in [6.07, 6.45) is 2.27. The molecule has 0 spiro atoms. The molecule has 0 heterocycles. The molecule has 0 N–H and O–H groups in total. The monoisotopic (exact) mass is 179 g/mol. The zero-order chi connectivity index (χ0) is 5.91. The van der Waals surface area contributed by atoms with Crippen LogP contribution >= 0.6 is 30.2 Å². The molecule has 0 saturated heterocycles. The van der Waals surface area contributed by atoms with Crippen molar-refractivity contribution < 1.29 is 31.0 Å². The smallest absolute Gasteiger partial charge is 1.00 e. The van der Waals surface area contributed by atoms with E-state index in [4.69, 9.17) is 0 Å². The Labute approximate surface area is 86.6 Å². The average molecular weight is 179 g/mol. The minimum Gasteiger partial charge on any atom is -1.00 e. The van der Waals surface area contributed by atoms with E-state index >= 15 is 0 Å². The normalized spacial score (nSPS) is 10.5. The minimum absolute atomic E-state index is 0. The molecule has 0 bridgehead atoms. The molecule has 0 aliphatic rings. The molecular weight excluding hydrogens is 166 g/mol. The van der Waals surface area contributed by atoms with Crippen molar-refractivity contribution in [3.05, 3.63) is 0 Å². The Bertz CT molecular complexity index is 56.5. The van der Waals surface area contributed by atoms with Crippen LogP contribution in [0.2, 0.25) is 0 Å². The van der Waals surface area contributed by atoms with Crippen molar-refractivity contribution in [1.29, 1.82) is 0 Å². The third-order valence-electron chi connectivity index (χ3n) is 1.01. The largest absolute Gasteiger partial charge is 1.00 e. The van der Waals surface area contributed by atoms with Gasteiger partial charge in [0, 0.05) is 24.5 Å². The van der Waals surface area contributed by atoms with Crippen LogP contribution in [0, 0.1) is 0 Å². The number of thiol groups is 2. The van der Waals surface area contributed by atoms with Crippen LogP contribution < -0.4 is 29.6 Å². The molecule has 4 heteroatoms. The van der Waals surface area contributed by atoms with Gasteiger partial charge in [0.15, 0.2) is 0 Å². The van der Waals surface area contributed by atoms with Crippen LogP contribution in [0.5, 0.6) is 0 Å². The summed E-state index contributed by atoms with van der Waals surface area (Å²) in [6, 6.07) is 0. The van der Waals surface area contributed by atoms with Crippen molar-refractivity contribution in [2.75, 3.05) is 12.3 Å². The predicted octanol–water partition coefficient (Wildman–Crippen LogP) is -0.150. The summed E-state index contributed by atoms with van der Waals surface area (Å²) in [5.74, 6) is 0. The quantitative estimate of drug-likeness (QED) is 0.329. The Hall–Kier alpha value is 2.13. The first-order valence-electron chi connectivity index (χ1n) is 2.45. The standard InChI is InChI=1S/C4H12PS2.Na.H/c1-3-5(6,7)4-2;;/h6-7H,3-4H2,1-2H3;;/q2*+1;-1. The van der Waals surface area contributed by atoms with E-state index < -0.39 is 5.67 Å². The van der Waals surface area contributed by atoms with Crippen LogP contribution in [0.1, 0.15) is 15.3 Å². The van der Waals surface area contributed by atoms with Gasteiger partial charge in [-0.25, -0.2) is 0 Å². The second kappa shape index (κ2) is 5.88. The van der Waals surface area contributed by atoms with Crippen LogP contribution in [0.4, 0.5) is 0 Å². The minimum atomic E-state index is -1.02. The van der Waals surface area contributed by atoms with Gasteiger partial charge in [-0.05, 0) is 13.8 Å². The van der Waals surface area contributed by atoms with Gasteiger partial charge in [-0.1, -0.05) is 0 Å². The molecule has 0 atom stereocenters. The third-order valence-corrected chi connectivity index (χ3v) is 6.43. The zero-order valence-corrected chi connectivity index (χ0v) is 10.4. The van der Waals surface area contributed by atoms with E-state index in [9.17, 15) is 0 Å². The molecular formula is C4H13NaPS2+. The Morgan fingerprint density at radius 1 is 1.25 bits per heavy atom. The maximum atomic E-state index is 4.36. The third kappa shape index (κ3) is 6.25. The van der Waals surface area contributed by atoms with Crippen LogP contribution in [0.3, 0.4) is 0 Å². The first-order valence-corrected chi connectivity index (χ1v) is 6.91. The van der Waals surface area contributed by atoms with Gasteiger partial charge in [0.05, 0.1) is 12.3 Å². The van der Waals surface area contributed by atoms with Gasteiger partial charge in [0.25, 0.3) is 0 Å². The van der Waals surface area contributed by atoms with E-state index in [1.807, 2.05) is 0 Å². The summed E-state index contributed by atoms with van der Waals surface area (Å²) in [7, 11) is 0. The molecule has 0 amide bonds. The van der Waals surface area contributed by atoms with Crippen LogP contribution in [0.25, 0.3) is 0 Å². The zero-order valence-electron chi connectivity index (χ0n) is 6.76. The van der Waals surface area contributed by atoms with E-state index in [2.05, 4.69) is 38.3 Å². The van der Waals surface area contributed by atoms with Gasteiger partial charge in [0.1, 0.15) is 5.67 Å². The molecule has 0 radical (unpaired) electrons. The van der Waals surface area contributed by atoms with Crippen molar-refractivity contribution in [3.8, 4) is 0 Å². The summed E-state index contributed by atoms with van der Waals surface area (Å²) < 4.78 is 0. The molecule has 0 saturated carbocycles. The number of rotatable bonds is 2. The van der Waals surface area contributed by atoms with E-state index in [0.717, 1.165) is 12.3 Å². The summed E-state index contributed by atoms with van der Waals surface area (Å²) in [4.78, 5) is 0. The van der Waals surface area contributed by atoms with Crippen molar-refractivity contribution in [2.24, 2.45) is 0 Å². The van der Waals surface area contributed by atoms with Crippen molar-refractivity contribution in [3.63, 3.8) is 0 Å². The Morgan fingerprint density at radius 2 is 1.50 bits per heavy atom. The van der Waals surface area contributed by atoms with Crippen LogP contribution in [-0.4, -0.2) is 12.3 Å². The molecule has 0 aromatic heterocycles. The van der Waals surface area contributed by atoms with E-state index in [1.54, 1.807) is 0 Å².